The molecule has 0 unspecified atom stereocenters. The van der Waals surface area contributed by atoms with Crippen LogP contribution in [0, 0.1) is 6.92 Å². The molecule has 4 aromatic rings. The summed E-state index contributed by atoms with van der Waals surface area (Å²) in [5.74, 6) is -1.16. The van der Waals surface area contributed by atoms with Crippen molar-refractivity contribution < 1.29 is 19.4 Å². The van der Waals surface area contributed by atoms with E-state index in [1.807, 2.05) is 43.3 Å². The number of carboxylic acids is 1. The molecule has 30 heavy (non-hydrogen) atoms. The van der Waals surface area contributed by atoms with Crippen molar-refractivity contribution in [2.45, 2.75) is 19.9 Å². The predicted octanol–water partition coefficient (Wildman–Crippen LogP) is 3.91. The molecule has 0 aliphatic rings. The molecule has 0 aliphatic heterocycles. The fraction of sp³-hybridized carbons (Fsp3) is 0.167. The predicted molar refractivity (Wildman–Crippen MR) is 116 cm³/mol. The average molecular weight is 402 g/mol. The van der Waals surface area contributed by atoms with Crippen molar-refractivity contribution >= 4 is 33.7 Å². The van der Waals surface area contributed by atoms with E-state index in [-0.39, 0.29) is 0 Å². The maximum atomic E-state index is 12.2. The van der Waals surface area contributed by atoms with Crippen LogP contribution in [0.5, 0.6) is 5.75 Å². The summed E-state index contributed by atoms with van der Waals surface area (Å²) in [6, 6.07) is 19.4. The molecule has 0 atom stereocenters. The van der Waals surface area contributed by atoms with Gasteiger partial charge in [0.15, 0.2) is 6.61 Å². The van der Waals surface area contributed by atoms with Crippen LogP contribution in [0.1, 0.15) is 21.5 Å². The van der Waals surface area contributed by atoms with Gasteiger partial charge in [0.25, 0.3) is 0 Å². The Bertz CT molecular complexity index is 1260. The molecule has 0 aliphatic carbocycles. The number of hydrogen-bond donors (Lipinski definition) is 2. The van der Waals surface area contributed by atoms with Gasteiger partial charge in [-0.2, -0.15) is 0 Å². The van der Waals surface area contributed by atoms with Gasteiger partial charge < -0.3 is 20.1 Å². The number of fused-ring (bicyclic) bond motifs is 3. The first-order valence-electron chi connectivity index (χ1n) is 9.69. The third-order valence-corrected chi connectivity index (χ3v) is 5.18. The van der Waals surface area contributed by atoms with Gasteiger partial charge in [0.2, 0.25) is 5.91 Å². The molecule has 0 bridgehead atoms. The number of amides is 1. The second kappa shape index (κ2) is 7.91. The topological polar surface area (TPSA) is 94.6 Å². The lowest BCUT2D eigenvalue weighted by Crippen LogP contribution is -2.11. The standard InChI is InChI=1S/C24H22N2O4/c1-15-12-19-23(20(13-15)30-14-21(27)28)22-17(24(25)29)8-5-9-18(22)26(19)11-10-16-6-3-2-4-7-16/h2-9,12-13H,10-11,14H2,1H3,(H2,25,29)(H,27,28). The zero-order valence-electron chi connectivity index (χ0n) is 16.6. The molecule has 0 fully saturated rings. The van der Waals surface area contributed by atoms with Crippen LogP contribution in [0.25, 0.3) is 21.8 Å². The lowest BCUT2D eigenvalue weighted by Gasteiger charge is -2.10. The Morgan fingerprint density at radius 3 is 2.47 bits per heavy atom. The summed E-state index contributed by atoms with van der Waals surface area (Å²) in [4.78, 5) is 23.3. The number of nitrogens with two attached hydrogens (primary N) is 1. The van der Waals surface area contributed by atoms with Crippen molar-refractivity contribution in [1.29, 1.82) is 0 Å². The number of primary amides is 1. The van der Waals surface area contributed by atoms with Crippen molar-refractivity contribution in [1.82, 2.24) is 4.57 Å². The number of benzene rings is 3. The van der Waals surface area contributed by atoms with E-state index in [0.29, 0.717) is 28.6 Å². The number of ether oxygens (including phenoxy) is 1. The van der Waals surface area contributed by atoms with Gasteiger partial charge in [0.1, 0.15) is 5.75 Å². The highest BCUT2D eigenvalue weighted by Gasteiger charge is 2.20. The van der Waals surface area contributed by atoms with Crippen molar-refractivity contribution in [2.24, 2.45) is 5.73 Å². The highest BCUT2D eigenvalue weighted by atomic mass is 16.5. The van der Waals surface area contributed by atoms with Crippen LogP contribution in [0.4, 0.5) is 0 Å². The van der Waals surface area contributed by atoms with Crippen LogP contribution in [0.2, 0.25) is 0 Å². The van der Waals surface area contributed by atoms with Crippen LogP contribution in [0.15, 0.2) is 60.7 Å². The molecule has 3 aromatic carbocycles. The van der Waals surface area contributed by atoms with E-state index in [9.17, 15) is 9.59 Å². The summed E-state index contributed by atoms with van der Waals surface area (Å²) in [7, 11) is 0. The number of rotatable bonds is 7. The van der Waals surface area contributed by atoms with Crippen molar-refractivity contribution in [2.75, 3.05) is 6.61 Å². The quantitative estimate of drug-likeness (QED) is 0.490. The van der Waals surface area contributed by atoms with E-state index in [0.717, 1.165) is 23.0 Å². The van der Waals surface area contributed by atoms with Gasteiger partial charge in [0.05, 0.1) is 16.4 Å². The van der Waals surface area contributed by atoms with Crippen LogP contribution >= 0.6 is 0 Å². The minimum absolute atomic E-state index is 0.389. The number of aliphatic carboxylic acids is 1. The maximum Gasteiger partial charge on any atom is 0.341 e. The minimum atomic E-state index is -1.06. The molecule has 3 N–H and O–H groups in total. The summed E-state index contributed by atoms with van der Waals surface area (Å²) < 4.78 is 7.76. The van der Waals surface area contributed by atoms with E-state index >= 15 is 0 Å². The lowest BCUT2D eigenvalue weighted by molar-refractivity contribution is -0.139. The minimum Gasteiger partial charge on any atom is -0.481 e. The third kappa shape index (κ3) is 3.59. The Labute approximate surface area is 173 Å². The van der Waals surface area contributed by atoms with Crippen molar-refractivity contribution in [3.8, 4) is 5.75 Å². The van der Waals surface area contributed by atoms with Crippen LogP contribution < -0.4 is 10.5 Å². The summed E-state index contributed by atoms with van der Waals surface area (Å²) in [5, 5.41) is 10.5. The monoisotopic (exact) mass is 402 g/mol. The smallest absolute Gasteiger partial charge is 0.341 e. The second-order valence-electron chi connectivity index (χ2n) is 7.29. The van der Waals surface area contributed by atoms with Crippen LogP contribution in [-0.2, 0) is 17.8 Å². The molecule has 0 radical (unpaired) electrons. The summed E-state index contributed by atoms with van der Waals surface area (Å²) in [6.07, 6.45) is 0.805. The highest BCUT2D eigenvalue weighted by molar-refractivity contribution is 6.19. The van der Waals surface area contributed by atoms with E-state index in [4.69, 9.17) is 15.6 Å². The zero-order valence-corrected chi connectivity index (χ0v) is 16.6. The van der Waals surface area contributed by atoms with Gasteiger partial charge in [-0.25, -0.2) is 4.79 Å². The Morgan fingerprint density at radius 2 is 1.77 bits per heavy atom. The summed E-state index contributed by atoms with van der Waals surface area (Å²) in [5.41, 5.74) is 9.94. The van der Waals surface area contributed by atoms with Crippen molar-refractivity contribution in [3.63, 3.8) is 0 Å². The number of nitrogens with zero attached hydrogens (tertiary/aromatic N) is 1. The van der Waals surface area contributed by atoms with Gasteiger partial charge in [-0.3, -0.25) is 4.79 Å². The first-order valence-corrected chi connectivity index (χ1v) is 9.69. The number of hydrogen-bond acceptors (Lipinski definition) is 3. The lowest BCUT2D eigenvalue weighted by atomic mass is 10.0. The van der Waals surface area contributed by atoms with Gasteiger partial charge in [-0.05, 0) is 48.7 Å². The van der Waals surface area contributed by atoms with E-state index < -0.39 is 18.5 Å². The van der Waals surface area contributed by atoms with E-state index in [1.54, 1.807) is 12.1 Å². The zero-order chi connectivity index (χ0) is 21.3. The first kappa shape index (κ1) is 19.5. The average Bonchev–Trinajstić information content (AvgIpc) is 3.04. The van der Waals surface area contributed by atoms with Gasteiger partial charge in [0, 0.05) is 17.5 Å². The Morgan fingerprint density at radius 1 is 1.00 bits per heavy atom. The summed E-state index contributed by atoms with van der Waals surface area (Å²) >= 11 is 0. The van der Waals surface area contributed by atoms with Gasteiger partial charge in [-0.15, -0.1) is 0 Å². The molecule has 0 saturated carbocycles. The Kier molecular flexibility index (Phi) is 5.14. The van der Waals surface area contributed by atoms with Crippen molar-refractivity contribution in [3.05, 3.63) is 77.4 Å². The SMILES string of the molecule is Cc1cc(OCC(=O)O)c2c3c(C(N)=O)cccc3n(CCc3ccccc3)c2c1. The molecule has 152 valence electrons. The molecule has 4 rings (SSSR count). The van der Waals surface area contributed by atoms with E-state index in [1.165, 1.54) is 5.56 Å². The third-order valence-electron chi connectivity index (χ3n) is 5.18. The molecule has 0 saturated heterocycles. The molecule has 1 aromatic heterocycles. The number of carbonyl (C=O) groups is 2. The molecular formula is C24H22N2O4. The van der Waals surface area contributed by atoms with Gasteiger partial charge in [-0.1, -0.05) is 36.4 Å². The number of aromatic nitrogens is 1. The highest BCUT2D eigenvalue weighted by Crippen LogP contribution is 2.38. The normalized spacial score (nSPS) is 11.1. The molecular weight excluding hydrogens is 380 g/mol. The molecule has 0 spiro atoms. The molecule has 1 heterocycles. The molecule has 6 heteroatoms. The second-order valence-corrected chi connectivity index (χ2v) is 7.29. The number of aryl methyl sites for hydroxylation is 3. The Hall–Kier alpha value is -3.80. The maximum absolute atomic E-state index is 12.2. The number of carboxylic acid groups (broad SMARTS) is 1. The molecule has 1 amide bonds. The number of carbonyl (C=O) groups excluding carboxylic acids is 1. The molecule has 6 nitrogen and oxygen atoms in total. The summed E-state index contributed by atoms with van der Waals surface area (Å²) in [6.45, 7) is 2.16. The largest absolute Gasteiger partial charge is 0.481 e. The van der Waals surface area contributed by atoms with Crippen LogP contribution in [-0.4, -0.2) is 28.2 Å². The van der Waals surface area contributed by atoms with Gasteiger partial charge >= 0.3 is 5.97 Å². The Balaban J connectivity index is 1.96. The fourth-order valence-electron chi connectivity index (χ4n) is 3.94. The van der Waals surface area contributed by atoms with Crippen LogP contribution in [0.3, 0.4) is 0 Å². The first-order chi connectivity index (χ1) is 14.5. The fourth-order valence-corrected chi connectivity index (χ4v) is 3.94. The van der Waals surface area contributed by atoms with E-state index in [2.05, 4.69) is 16.7 Å².